The predicted octanol–water partition coefficient (Wildman–Crippen LogP) is 3.30. The molecule has 148 valence electrons. The third-order valence-corrected chi connectivity index (χ3v) is 6.14. The number of para-hydroxylation sites is 1. The minimum atomic E-state index is -3.85. The van der Waals surface area contributed by atoms with Crippen molar-refractivity contribution in [2.45, 2.75) is 17.7 Å². The first-order chi connectivity index (χ1) is 13.9. The molecule has 1 N–H and O–H groups in total. The van der Waals surface area contributed by atoms with E-state index in [2.05, 4.69) is 14.7 Å². The number of carbonyl (C=O) groups is 1. The molecule has 8 heteroatoms. The van der Waals surface area contributed by atoms with Gasteiger partial charge in [0.05, 0.1) is 16.0 Å². The molecule has 1 amide bonds. The highest BCUT2D eigenvalue weighted by Gasteiger charge is 2.21. The minimum absolute atomic E-state index is 0.0442. The van der Waals surface area contributed by atoms with Gasteiger partial charge in [0.2, 0.25) is 0 Å². The van der Waals surface area contributed by atoms with E-state index in [9.17, 15) is 13.2 Å². The Morgan fingerprint density at radius 3 is 2.76 bits per heavy atom. The molecule has 0 unspecified atom stereocenters. The Hall–Kier alpha value is -3.26. The standard InChI is InChI=1S/C21H20N4O3S/c1-25-13-5-10-20(25)24-29(27,28)16-7-4-6-15(14-16)23-21(26)18-11-12-22-19-9-3-2-8-17(18)19/h2-4,6-9,11-12,14H,5,10,13H2,1H3,(H,23,26)/b24-20+. The molecule has 0 saturated carbocycles. The molecule has 7 nitrogen and oxygen atoms in total. The number of likely N-dealkylation sites (tertiary alicyclic amines) is 1. The molecular weight excluding hydrogens is 388 g/mol. The van der Waals surface area contributed by atoms with E-state index in [1.165, 1.54) is 12.1 Å². The summed E-state index contributed by atoms with van der Waals surface area (Å²) >= 11 is 0. The summed E-state index contributed by atoms with van der Waals surface area (Å²) in [6, 6.07) is 15.1. The maximum absolute atomic E-state index is 12.8. The number of rotatable bonds is 4. The van der Waals surface area contributed by atoms with Crippen LogP contribution in [-0.4, -0.2) is 43.6 Å². The van der Waals surface area contributed by atoms with E-state index >= 15 is 0 Å². The van der Waals surface area contributed by atoms with Gasteiger partial charge in [0, 0.05) is 37.3 Å². The van der Waals surface area contributed by atoms with Gasteiger partial charge in [-0.2, -0.15) is 8.42 Å². The number of hydrogen-bond donors (Lipinski definition) is 1. The number of benzene rings is 2. The topological polar surface area (TPSA) is 91.7 Å². The number of nitrogens with one attached hydrogen (secondary N) is 1. The van der Waals surface area contributed by atoms with Crippen molar-refractivity contribution in [1.29, 1.82) is 0 Å². The van der Waals surface area contributed by atoms with Gasteiger partial charge in [0.25, 0.3) is 15.9 Å². The highest BCUT2D eigenvalue weighted by Crippen LogP contribution is 2.22. The largest absolute Gasteiger partial charge is 0.362 e. The molecule has 0 spiro atoms. The van der Waals surface area contributed by atoms with Crippen LogP contribution in [0.5, 0.6) is 0 Å². The smallest absolute Gasteiger partial charge is 0.284 e. The van der Waals surface area contributed by atoms with Crippen molar-refractivity contribution in [2.24, 2.45) is 4.40 Å². The number of hydrogen-bond acceptors (Lipinski definition) is 4. The number of aromatic nitrogens is 1. The van der Waals surface area contributed by atoms with Gasteiger partial charge < -0.3 is 10.2 Å². The van der Waals surface area contributed by atoms with Crippen molar-refractivity contribution in [1.82, 2.24) is 9.88 Å². The fourth-order valence-electron chi connectivity index (χ4n) is 3.33. The lowest BCUT2D eigenvalue weighted by Crippen LogP contribution is -2.20. The number of carbonyl (C=O) groups excluding carboxylic acids is 1. The monoisotopic (exact) mass is 408 g/mol. The summed E-state index contributed by atoms with van der Waals surface area (Å²) in [4.78, 5) is 18.9. The van der Waals surface area contributed by atoms with Gasteiger partial charge >= 0.3 is 0 Å². The van der Waals surface area contributed by atoms with Crippen LogP contribution in [0.15, 0.2) is 70.1 Å². The van der Waals surface area contributed by atoms with Crippen LogP contribution < -0.4 is 5.32 Å². The van der Waals surface area contributed by atoms with Gasteiger partial charge in [0.1, 0.15) is 5.84 Å². The second kappa shape index (κ2) is 7.63. The lowest BCUT2D eigenvalue weighted by molar-refractivity contribution is 0.102. The summed E-state index contributed by atoms with van der Waals surface area (Å²) in [6.45, 7) is 0.796. The lowest BCUT2D eigenvalue weighted by atomic mass is 10.1. The van der Waals surface area contributed by atoms with Crippen LogP contribution >= 0.6 is 0 Å². The van der Waals surface area contributed by atoms with Crippen LogP contribution in [0.3, 0.4) is 0 Å². The quantitative estimate of drug-likeness (QED) is 0.715. The first-order valence-electron chi connectivity index (χ1n) is 9.24. The molecule has 0 bridgehead atoms. The van der Waals surface area contributed by atoms with E-state index in [-0.39, 0.29) is 10.8 Å². The third kappa shape index (κ3) is 3.97. The predicted molar refractivity (Wildman–Crippen MR) is 113 cm³/mol. The fraction of sp³-hybridized carbons (Fsp3) is 0.190. The van der Waals surface area contributed by atoms with Crippen LogP contribution in [0.2, 0.25) is 0 Å². The maximum atomic E-state index is 12.8. The Bertz CT molecular complexity index is 1220. The molecular formula is C21H20N4O3S. The first-order valence-corrected chi connectivity index (χ1v) is 10.7. The number of sulfonamides is 1. The van der Waals surface area contributed by atoms with E-state index in [1.807, 2.05) is 36.2 Å². The highest BCUT2D eigenvalue weighted by molar-refractivity contribution is 7.90. The number of fused-ring (bicyclic) bond motifs is 1. The first kappa shape index (κ1) is 19.1. The zero-order chi connectivity index (χ0) is 20.4. The number of pyridine rings is 1. The minimum Gasteiger partial charge on any atom is -0.362 e. The molecule has 0 aliphatic carbocycles. The van der Waals surface area contributed by atoms with Crippen LogP contribution in [0, 0.1) is 0 Å². The molecule has 0 atom stereocenters. The second-order valence-corrected chi connectivity index (χ2v) is 8.47. The molecule has 1 saturated heterocycles. The Morgan fingerprint density at radius 2 is 1.97 bits per heavy atom. The van der Waals surface area contributed by atoms with Crippen molar-refractivity contribution in [3.05, 3.63) is 66.4 Å². The third-order valence-electron chi connectivity index (χ3n) is 4.84. The van der Waals surface area contributed by atoms with Gasteiger partial charge in [-0.1, -0.05) is 24.3 Å². The van der Waals surface area contributed by atoms with E-state index in [0.29, 0.717) is 29.0 Å². The Morgan fingerprint density at radius 1 is 1.14 bits per heavy atom. The normalized spacial score (nSPS) is 15.8. The van der Waals surface area contributed by atoms with E-state index in [0.717, 1.165) is 18.4 Å². The summed E-state index contributed by atoms with van der Waals surface area (Å²) in [5, 5.41) is 3.50. The summed E-state index contributed by atoms with van der Waals surface area (Å²) in [7, 11) is -2.02. The average Bonchev–Trinajstić information content (AvgIpc) is 3.11. The summed E-state index contributed by atoms with van der Waals surface area (Å²) < 4.78 is 29.3. The van der Waals surface area contributed by atoms with Crippen molar-refractivity contribution in [2.75, 3.05) is 18.9 Å². The van der Waals surface area contributed by atoms with Gasteiger partial charge in [0.15, 0.2) is 0 Å². The van der Waals surface area contributed by atoms with Crippen LogP contribution in [0.25, 0.3) is 10.9 Å². The molecule has 0 radical (unpaired) electrons. The fourth-order valence-corrected chi connectivity index (χ4v) is 4.47. The molecule has 2 aromatic carbocycles. The SMILES string of the molecule is CN1CCC/C1=N\S(=O)(=O)c1cccc(NC(=O)c2ccnc3ccccc23)c1. The van der Waals surface area contributed by atoms with Gasteiger partial charge in [-0.3, -0.25) is 9.78 Å². The second-order valence-electron chi connectivity index (χ2n) is 6.87. The molecule has 1 aliphatic heterocycles. The Labute approximate surface area is 169 Å². The number of amides is 1. The molecule has 1 aliphatic rings. The molecule has 2 heterocycles. The maximum Gasteiger partial charge on any atom is 0.284 e. The van der Waals surface area contributed by atoms with Gasteiger partial charge in [-0.15, -0.1) is 4.40 Å². The van der Waals surface area contributed by atoms with Crippen LogP contribution in [-0.2, 0) is 10.0 Å². The zero-order valence-corrected chi connectivity index (χ0v) is 16.7. The van der Waals surface area contributed by atoms with Gasteiger partial charge in [-0.25, -0.2) is 0 Å². The highest BCUT2D eigenvalue weighted by atomic mass is 32.2. The van der Waals surface area contributed by atoms with Crippen LogP contribution in [0.1, 0.15) is 23.2 Å². The Kier molecular flexibility index (Phi) is 5.02. The average molecular weight is 408 g/mol. The number of nitrogens with zero attached hydrogens (tertiary/aromatic N) is 3. The summed E-state index contributed by atoms with van der Waals surface area (Å²) in [5.74, 6) is 0.225. The van der Waals surface area contributed by atoms with Crippen LogP contribution in [0.4, 0.5) is 5.69 Å². The Balaban J connectivity index is 1.61. The summed E-state index contributed by atoms with van der Waals surface area (Å²) in [5.41, 5.74) is 1.57. The van der Waals surface area contributed by atoms with Crippen molar-refractivity contribution in [3.8, 4) is 0 Å². The molecule has 3 aromatic rings. The number of anilines is 1. The van der Waals surface area contributed by atoms with Crippen molar-refractivity contribution >= 4 is 38.4 Å². The van der Waals surface area contributed by atoms with Crippen molar-refractivity contribution in [3.63, 3.8) is 0 Å². The molecule has 1 aromatic heterocycles. The zero-order valence-electron chi connectivity index (χ0n) is 15.9. The molecule has 4 rings (SSSR count). The van der Waals surface area contributed by atoms with Gasteiger partial charge in [-0.05, 0) is 36.8 Å². The molecule has 1 fully saturated rings. The van der Waals surface area contributed by atoms with Crippen molar-refractivity contribution < 1.29 is 13.2 Å². The van der Waals surface area contributed by atoms with E-state index in [4.69, 9.17) is 0 Å². The summed E-state index contributed by atoms with van der Waals surface area (Å²) in [6.07, 6.45) is 3.11. The lowest BCUT2D eigenvalue weighted by Gasteiger charge is -2.11. The number of amidine groups is 1. The molecule has 29 heavy (non-hydrogen) atoms. The van der Waals surface area contributed by atoms with E-state index in [1.54, 1.807) is 24.4 Å². The van der Waals surface area contributed by atoms with E-state index < -0.39 is 10.0 Å².